The zero-order chi connectivity index (χ0) is 17.1. The fourth-order valence-electron chi connectivity index (χ4n) is 2.91. The quantitative estimate of drug-likeness (QED) is 0.849. The molecule has 134 valence electrons. The Balaban J connectivity index is 0.00000225. The lowest BCUT2D eigenvalue weighted by molar-refractivity contribution is -0.132. The first-order chi connectivity index (χ1) is 11.5. The molecule has 2 atom stereocenters. The molecule has 1 saturated heterocycles. The standard InChI is InChI=1S/C18H18Cl2N2O2.ClH/c19-13-6-7-17(15(20)8-13)24-11-18(23)22-9-14(16(21)10-22)12-4-2-1-3-5-12;/h1-8,14,16H,9-11,21H2;1H/t14-,16+;/m0./s1. The third-order valence-corrected chi connectivity index (χ3v) is 4.72. The van der Waals surface area contributed by atoms with Gasteiger partial charge in [-0.1, -0.05) is 53.5 Å². The molecule has 1 amide bonds. The van der Waals surface area contributed by atoms with Gasteiger partial charge in [-0.2, -0.15) is 0 Å². The van der Waals surface area contributed by atoms with Gasteiger partial charge in [-0.05, 0) is 23.8 Å². The highest BCUT2D eigenvalue weighted by Gasteiger charge is 2.33. The molecule has 2 N–H and O–H groups in total. The maximum atomic E-state index is 12.4. The zero-order valence-corrected chi connectivity index (χ0v) is 15.7. The number of carbonyl (C=O) groups excluding carboxylic acids is 1. The average Bonchev–Trinajstić information content (AvgIpc) is 2.96. The largest absolute Gasteiger partial charge is 0.482 e. The summed E-state index contributed by atoms with van der Waals surface area (Å²) in [6.45, 7) is 1.05. The van der Waals surface area contributed by atoms with Gasteiger partial charge in [0, 0.05) is 30.1 Å². The fraction of sp³-hybridized carbons (Fsp3) is 0.278. The maximum Gasteiger partial charge on any atom is 0.260 e. The summed E-state index contributed by atoms with van der Waals surface area (Å²) in [4.78, 5) is 14.1. The Morgan fingerprint density at radius 2 is 1.88 bits per heavy atom. The lowest BCUT2D eigenvalue weighted by atomic mass is 9.95. The highest BCUT2D eigenvalue weighted by Crippen LogP contribution is 2.29. The number of hydrogen-bond donors (Lipinski definition) is 1. The van der Waals surface area contributed by atoms with Crippen molar-refractivity contribution < 1.29 is 9.53 Å². The number of halogens is 3. The first kappa shape index (κ1) is 19.9. The van der Waals surface area contributed by atoms with Crippen molar-refractivity contribution in [2.75, 3.05) is 19.7 Å². The molecule has 2 aromatic carbocycles. The Bertz CT molecular complexity index is 728. The summed E-state index contributed by atoms with van der Waals surface area (Å²) >= 11 is 11.9. The Labute approximate surface area is 163 Å². The lowest BCUT2D eigenvalue weighted by Gasteiger charge is -2.17. The van der Waals surface area contributed by atoms with E-state index in [-0.39, 0.29) is 36.9 Å². The minimum absolute atomic E-state index is 0. The minimum Gasteiger partial charge on any atom is -0.482 e. The van der Waals surface area contributed by atoms with E-state index in [0.29, 0.717) is 28.9 Å². The van der Waals surface area contributed by atoms with E-state index < -0.39 is 0 Å². The number of nitrogens with zero attached hydrogens (tertiary/aromatic N) is 1. The monoisotopic (exact) mass is 400 g/mol. The number of hydrogen-bond acceptors (Lipinski definition) is 3. The fourth-order valence-corrected chi connectivity index (χ4v) is 3.37. The van der Waals surface area contributed by atoms with Crippen LogP contribution in [0.4, 0.5) is 0 Å². The molecule has 0 aliphatic carbocycles. The number of rotatable bonds is 4. The van der Waals surface area contributed by atoms with E-state index in [1.807, 2.05) is 30.3 Å². The molecule has 0 saturated carbocycles. The van der Waals surface area contributed by atoms with Gasteiger partial charge in [-0.3, -0.25) is 4.79 Å². The molecule has 0 unspecified atom stereocenters. The molecule has 0 spiro atoms. The van der Waals surface area contributed by atoms with Crippen molar-refractivity contribution in [1.29, 1.82) is 0 Å². The van der Waals surface area contributed by atoms with Crippen LogP contribution in [-0.4, -0.2) is 36.5 Å². The van der Waals surface area contributed by atoms with Crippen molar-refractivity contribution in [2.45, 2.75) is 12.0 Å². The van der Waals surface area contributed by atoms with E-state index in [4.69, 9.17) is 33.7 Å². The molecule has 1 heterocycles. The van der Waals surface area contributed by atoms with Gasteiger partial charge < -0.3 is 15.4 Å². The van der Waals surface area contributed by atoms with Crippen LogP contribution in [0.5, 0.6) is 5.75 Å². The van der Waals surface area contributed by atoms with Gasteiger partial charge >= 0.3 is 0 Å². The Morgan fingerprint density at radius 1 is 1.16 bits per heavy atom. The molecule has 1 aliphatic heterocycles. The van der Waals surface area contributed by atoms with Gasteiger partial charge in [0.1, 0.15) is 5.75 Å². The maximum absolute atomic E-state index is 12.4. The average molecular weight is 402 g/mol. The first-order valence-corrected chi connectivity index (χ1v) is 8.46. The molecule has 0 bridgehead atoms. The SMILES string of the molecule is Cl.N[C@@H]1CN(C(=O)COc2ccc(Cl)cc2Cl)C[C@H]1c1ccccc1. The summed E-state index contributed by atoms with van der Waals surface area (Å²) in [6, 6.07) is 14.9. The predicted octanol–water partition coefficient (Wildman–Crippen LogP) is 3.75. The van der Waals surface area contributed by atoms with Crippen LogP contribution in [0, 0.1) is 0 Å². The molecular formula is C18H19Cl3N2O2. The second kappa shape index (κ2) is 8.77. The van der Waals surface area contributed by atoms with Crippen LogP contribution >= 0.6 is 35.6 Å². The highest BCUT2D eigenvalue weighted by molar-refractivity contribution is 6.35. The summed E-state index contributed by atoms with van der Waals surface area (Å²) in [7, 11) is 0. The molecule has 7 heteroatoms. The first-order valence-electron chi connectivity index (χ1n) is 7.71. The van der Waals surface area contributed by atoms with E-state index in [9.17, 15) is 4.79 Å². The number of benzene rings is 2. The summed E-state index contributed by atoms with van der Waals surface area (Å²) in [5.41, 5.74) is 7.37. The van der Waals surface area contributed by atoms with Crippen molar-refractivity contribution in [2.24, 2.45) is 5.73 Å². The number of amides is 1. The van der Waals surface area contributed by atoms with Crippen LogP contribution in [-0.2, 0) is 4.79 Å². The Hall–Kier alpha value is -1.46. The van der Waals surface area contributed by atoms with E-state index in [2.05, 4.69) is 0 Å². The Kier molecular flexibility index (Phi) is 6.96. The molecule has 1 aliphatic rings. The van der Waals surface area contributed by atoms with E-state index >= 15 is 0 Å². The van der Waals surface area contributed by atoms with Gasteiger partial charge in [0.2, 0.25) is 0 Å². The summed E-state index contributed by atoms with van der Waals surface area (Å²) in [6.07, 6.45) is 0. The number of nitrogens with two attached hydrogens (primary N) is 1. The highest BCUT2D eigenvalue weighted by atomic mass is 35.5. The zero-order valence-electron chi connectivity index (χ0n) is 13.4. The molecule has 4 nitrogen and oxygen atoms in total. The van der Waals surface area contributed by atoms with Gasteiger partial charge in [0.15, 0.2) is 6.61 Å². The third kappa shape index (κ3) is 4.79. The predicted molar refractivity (Wildman–Crippen MR) is 103 cm³/mol. The number of carbonyl (C=O) groups is 1. The summed E-state index contributed by atoms with van der Waals surface area (Å²) < 4.78 is 5.52. The third-order valence-electron chi connectivity index (χ3n) is 4.19. The topological polar surface area (TPSA) is 55.6 Å². The van der Waals surface area contributed by atoms with Gasteiger partial charge in [0.05, 0.1) is 5.02 Å². The number of ether oxygens (including phenoxy) is 1. The van der Waals surface area contributed by atoms with Gasteiger partial charge in [-0.15, -0.1) is 12.4 Å². The van der Waals surface area contributed by atoms with E-state index in [0.717, 1.165) is 5.56 Å². The van der Waals surface area contributed by atoms with Crippen molar-refractivity contribution in [3.63, 3.8) is 0 Å². The molecule has 3 rings (SSSR count). The van der Waals surface area contributed by atoms with Crippen LogP contribution in [0.25, 0.3) is 0 Å². The summed E-state index contributed by atoms with van der Waals surface area (Å²) in [5.74, 6) is 0.488. The van der Waals surface area contributed by atoms with E-state index in [1.165, 1.54) is 0 Å². The second-order valence-electron chi connectivity index (χ2n) is 5.84. The molecule has 0 radical (unpaired) electrons. The van der Waals surface area contributed by atoms with Crippen LogP contribution in [0.2, 0.25) is 10.0 Å². The van der Waals surface area contributed by atoms with Gasteiger partial charge in [-0.25, -0.2) is 0 Å². The normalized spacial score (nSPS) is 19.4. The van der Waals surface area contributed by atoms with Crippen molar-refractivity contribution in [1.82, 2.24) is 4.90 Å². The van der Waals surface area contributed by atoms with Crippen molar-refractivity contribution in [3.8, 4) is 5.75 Å². The number of likely N-dealkylation sites (tertiary alicyclic amines) is 1. The van der Waals surface area contributed by atoms with Crippen LogP contribution in [0.3, 0.4) is 0 Å². The minimum atomic E-state index is -0.102. The Morgan fingerprint density at radius 3 is 2.56 bits per heavy atom. The molecule has 1 fully saturated rings. The van der Waals surface area contributed by atoms with Crippen LogP contribution in [0.15, 0.2) is 48.5 Å². The second-order valence-corrected chi connectivity index (χ2v) is 6.69. The van der Waals surface area contributed by atoms with Crippen molar-refractivity contribution in [3.05, 3.63) is 64.1 Å². The molecule has 0 aromatic heterocycles. The molecule has 2 aromatic rings. The van der Waals surface area contributed by atoms with Crippen molar-refractivity contribution >= 4 is 41.5 Å². The smallest absolute Gasteiger partial charge is 0.260 e. The molecular weight excluding hydrogens is 383 g/mol. The molecule has 25 heavy (non-hydrogen) atoms. The van der Waals surface area contributed by atoms with Gasteiger partial charge in [0.25, 0.3) is 5.91 Å². The van der Waals surface area contributed by atoms with Crippen LogP contribution in [0.1, 0.15) is 11.5 Å². The summed E-state index contributed by atoms with van der Waals surface area (Å²) in [5, 5.41) is 0.908. The van der Waals surface area contributed by atoms with E-state index in [1.54, 1.807) is 23.1 Å². The van der Waals surface area contributed by atoms with Crippen LogP contribution < -0.4 is 10.5 Å². The lowest BCUT2D eigenvalue weighted by Crippen LogP contribution is -2.35.